The molecule has 8 nitrogen and oxygen atoms in total. The highest BCUT2D eigenvalue weighted by Gasteiger charge is 2.49. The van der Waals surface area contributed by atoms with Crippen LogP contribution < -0.4 is 5.73 Å². The average Bonchev–Trinajstić information content (AvgIpc) is 3.62. The normalized spacial score (nSPS) is 16.9. The van der Waals surface area contributed by atoms with Crippen molar-refractivity contribution in [3.8, 4) is 0 Å². The van der Waals surface area contributed by atoms with Crippen molar-refractivity contribution in [1.82, 2.24) is 14.7 Å². The fraction of sp³-hybridized carbons (Fsp3) is 0.432. The minimum atomic E-state index is -0.844. The van der Waals surface area contributed by atoms with E-state index in [0.717, 1.165) is 82.6 Å². The number of hydrogen-bond donors (Lipinski definition) is 1. The number of likely N-dealkylation sites (N-methyl/N-ethyl adjacent to an activating group) is 1. The SMILES string of the molecule is CN(CCCCOCCCCN1CCC(C(C(N)=O)(c2ccccc2)c2ccccc2)C1)CCN1C(=O)c2ccccc2C1=O. The van der Waals surface area contributed by atoms with E-state index in [1.807, 2.05) is 67.7 Å². The molecule has 0 aromatic heterocycles. The van der Waals surface area contributed by atoms with Gasteiger partial charge in [0.2, 0.25) is 5.91 Å². The van der Waals surface area contributed by atoms with Gasteiger partial charge < -0.3 is 20.3 Å². The van der Waals surface area contributed by atoms with Crippen LogP contribution in [0, 0.1) is 5.92 Å². The minimum Gasteiger partial charge on any atom is -0.381 e. The van der Waals surface area contributed by atoms with Crippen LogP contribution in [0.5, 0.6) is 0 Å². The van der Waals surface area contributed by atoms with Gasteiger partial charge in [-0.2, -0.15) is 0 Å². The van der Waals surface area contributed by atoms with E-state index in [-0.39, 0.29) is 23.6 Å². The topological polar surface area (TPSA) is 96.2 Å². The van der Waals surface area contributed by atoms with Crippen LogP contribution in [0.4, 0.5) is 0 Å². The monoisotopic (exact) mass is 610 g/mol. The van der Waals surface area contributed by atoms with E-state index in [1.165, 1.54) is 4.90 Å². The number of primary amides is 1. The minimum absolute atomic E-state index is 0.113. The highest BCUT2D eigenvalue weighted by Crippen LogP contribution is 2.43. The van der Waals surface area contributed by atoms with E-state index >= 15 is 0 Å². The number of rotatable bonds is 17. The summed E-state index contributed by atoms with van der Waals surface area (Å²) in [5.41, 5.74) is 8.33. The van der Waals surface area contributed by atoms with Crippen molar-refractivity contribution in [2.75, 3.05) is 59.5 Å². The van der Waals surface area contributed by atoms with Gasteiger partial charge in [-0.15, -0.1) is 0 Å². The van der Waals surface area contributed by atoms with Crippen molar-refractivity contribution in [2.24, 2.45) is 11.7 Å². The van der Waals surface area contributed by atoms with Gasteiger partial charge in [0.05, 0.1) is 11.1 Å². The molecule has 1 atom stereocenters. The molecule has 3 amide bonds. The Labute approximate surface area is 267 Å². The second-order valence-corrected chi connectivity index (χ2v) is 12.3. The molecule has 0 spiro atoms. The zero-order valence-corrected chi connectivity index (χ0v) is 26.4. The van der Waals surface area contributed by atoms with Gasteiger partial charge in [0.1, 0.15) is 5.41 Å². The molecule has 5 rings (SSSR count). The van der Waals surface area contributed by atoms with Gasteiger partial charge in [-0.05, 0) is 88.0 Å². The molecule has 1 unspecified atom stereocenters. The third-order valence-electron chi connectivity index (χ3n) is 9.41. The van der Waals surface area contributed by atoms with Crippen LogP contribution in [-0.4, -0.2) is 92.0 Å². The molecule has 2 aliphatic heterocycles. The number of ether oxygens (including phenoxy) is 1. The Hall–Kier alpha value is -3.85. The second kappa shape index (κ2) is 15.4. The number of fused-ring (bicyclic) bond motifs is 1. The molecule has 45 heavy (non-hydrogen) atoms. The summed E-state index contributed by atoms with van der Waals surface area (Å²) in [7, 11) is 2.02. The smallest absolute Gasteiger partial charge is 0.261 e. The molecule has 1 saturated heterocycles. The molecular weight excluding hydrogens is 564 g/mol. The van der Waals surface area contributed by atoms with E-state index in [1.54, 1.807) is 24.3 Å². The first-order chi connectivity index (χ1) is 21.9. The van der Waals surface area contributed by atoms with E-state index in [2.05, 4.69) is 9.80 Å². The number of amides is 3. The van der Waals surface area contributed by atoms with Gasteiger partial charge in [0.25, 0.3) is 11.8 Å². The van der Waals surface area contributed by atoms with Crippen LogP contribution in [0.15, 0.2) is 84.9 Å². The summed E-state index contributed by atoms with van der Waals surface area (Å²) in [5.74, 6) is -0.559. The molecule has 0 aliphatic carbocycles. The molecule has 238 valence electrons. The van der Waals surface area contributed by atoms with Crippen LogP contribution in [0.2, 0.25) is 0 Å². The summed E-state index contributed by atoms with van der Waals surface area (Å²) in [4.78, 5) is 44.3. The average molecular weight is 611 g/mol. The first-order valence-electron chi connectivity index (χ1n) is 16.3. The molecule has 0 saturated carbocycles. The van der Waals surface area contributed by atoms with Crippen molar-refractivity contribution in [3.05, 3.63) is 107 Å². The van der Waals surface area contributed by atoms with Crippen molar-refractivity contribution in [2.45, 2.75) is 37.5 Å². The predicted molar refractivity (Wildman–Crippen MR) is 176 cm³/mol. The van der Waals surface area contributed by atoms with Crippen LogP contribution in [0.1, 0.15) is 63.9 Å². The maximum Gasteiger partial charge on any atom is 0.261 e. The molecule has 3 aromatic carbocycles. The van der Waals surface area contributed by atoms with E-state index in [0.29, 0.717) is 24.2 Å². The third kappa shape index (κ3) is 7.35. The largest absolute Gasteiger partial charge is 0.381 e. The molecule has 2 N–H and O–H groups in total. The molecule has 8 heteroatoms. The number of imide groups is 1. The van der Waals surface area contributed by atoms with Crippen LogP contribution in [0.3, 0.4) is 0 Å². The Morgan fingerprint density at radius 3 is 1.93 bits per heavy atom. The summed E-state index contributed by atoms with van der Waals surface area (Å²) >= 11 is 0. The lowest BCUT2D eigenvalue weighted by Gasteiger charge is -2.37. The summed E-state index contributed by atoms with van der Waals surface area (Å²) in [6, 6.07) is 27.1. The highest BCUT2D eigenvalue weighted by atomic mass is 16.5. The maximum absolute atomic E-state index is 13.3. The Bertz CT molecular complexity index is 1360. The van der Waals surface area contributed by atoms with Crippen molar-refractivity contribution >= 4 is 17.7 Å². The standard InChI is InChI=1S/C37H46N4O4/c1-39(24-25-41-34(42)32-18-8-9-19-33(32)35(41)43)21-10-12-26-45-27-13-11-22-40-23-20-31(28-40)37(36(38)44,29-14-4-2-5-15-29)30-16-6-3-7-17-30/h2-9,14-19,31H,10-13,20-28H2,1H3,(H2,38,44). The Kier molecular flexibility index (Phi) is 11.2. The highest BCUT2D eigenvalue weighted by molar-refractivity contribution is 6.21. The predicted octanol–water partition coefficient (Wildman–Crippen LogP) is 4.58. The number of nitrogens with two attached hydrogens (primary N) is 1. The molecule has 2 heterocycles. The van der Waals surface area contributed by atoms with Gasteiger partial charge in [-0.25, -0.2) is 0 Å². The lowest BCUT2D eigenvalue weighted by Crippen LogP contribution is -2.49. The van der Waals surface area contributed by atoms with Gasteiger partial charge in [-0.1, -0.05) is 72.8 Å². The van der Waals surface area contributed by atoms with Gasteiger partial charge >= 0.3 is 0 Å². The van der Waals surface area contributed by atoms with Gasteiger partial charge in [-0.3, -0.25) is 19.3 Å². The number of carbonyl (C=O) groups excluding carboxylic acids is 3. The first-order valence-corrected chi connectivity index (χ1v) is 16.3. The number of likely N-dealkylation sites (tertiary alicyclic amines) is 1. The third-order valence-corrected chi connectivity index (χ3v) is 9.41. The van der Waals surface area contributed by atoms with E-state index in [9.17, 15) is 14.4 Å². The lowest BCUT2D eigenvalue weighted by molar-refractivity contribution is -0.123. The molecule has 0 bridgehead atoms. The van der Waals surface area contributed by atoms with Crippen molar-refractivity contribution < 1.29 is 19.1 Å². The van der Waals surface area contributed by atoms with Gasteiger partial charge in [0, 0.05) is 32.8 Å². The molecular formula is C37H46N4O4. The molecule has 2 aliphatic rings. The lowest BCUT2D eigenvalue weighted by atomic mass is 9.64. The molecule has 0 radical (unpaired) electrons. The van der Waals surface area contributed by atoms with E-state index < -0.39 is 5.41 Å². The Morgan fingerprint density at radius 2 is 1.36 bits per heavy atom. The second-order valence-electron chi connectivity index (χ2n) is 12.3. The number of hydrogen-bond acceptors (Lipinski definition) is 6. The van der Waals surface area contributed by atoms with Crippen LogP contribution in [0.25, 0.3) is 0 Å². The fourth-order valence-electron chi connectivity index (χ4n) is 6.97. The number of carbonyl (C=O) groups is 3. The summed E-state index contributed by atoms with van der Waals surface area (Å²) in [5, 5.41) is 0. The number of nitrogens with zero attached hydrogens (tertiary/aromatic N) is 3. The summed E-state index contributed by atoms with van der Waals surface area (Å²) in [6.07, 6.45) is 4.95. The number of benzene rings is 3. The summed E-state index contributed by atoms with van der Waals surface area (Å²) < 4.78 is 5.91. The van der Waals surface area contributed by atoms with E-state index in [4.69, 9.17) is 10.5 Å². The van der Waals surface area contributed by atoms with Crippen LogP contribution >= 0.6 is 0 Å². The Morgan fingerprint density at radius 1 is 0.800 bits per heavy atom. The number of unbranched alkanes of at least 4 members (excludes halogenated alkanes) is 2. The maximum atomic E-state index is 13.3. The van der Waals surface area contributed by atoms with Crippen molar-refractivity contribution in [3.63, 3.8) is 0 Å². The fourth-order valence-corrected chi connectivity index (χ4v) is 6.97. The Balaban J connectivity index is 0.969. The van der Waals surface area contributed by atoms with Gasteiger partial charge in [0.15, 0.2) is 0 Å². The zero-order chi connectivity index (χ0) is 31.6. The zero-order valence-electron chi connectivity index (χ0n) is 26.4. The summed E-state index contributed by atoms with van der Waals surface area (Å²) in [6.45, 7) is 6.20. The molecule has 1 fully saturated rings. The van der Waals surface area contributed by atoms with Crippen molar-refractivity contribution in [1.29, 1.82) is 0 Å². The first kappa shape index (κ1) is 32.5. The quantitative estimate of drug-likeness (QED) is 0.178. The van der Waals surface area contributed by atoms with Crippen LogP contribution in [-0.2, 0) is 14.9 Å². The molecule has 3 aromatic rings.